The largest absolute Gasteiger partial charge is 0.480 e. The highest BCUT2D eigenvalue weighted by Crippen LogP contribution is 2.32. The molecule has 0 amide bonds. The van der Waals surface area contributed by atoms with Gasteiger partial charge in [-0.05, 0) is 56.5 Å². The van der Waals surface area contributed by atoms with Crippen molar-refractivity contribution in [1.29, 1.82) is 0 Å². The van der Waals surface area contributed by atoms with Crippen molar-refractivity contribution in [2.24, 2.45) is 0 Å². The van der Waals surface area contributed by atoms with Crippen LogP contribution in [0.3, 0.4) is 0 Å². The second-order valence-electron chi connectivity index (χ2n) is 5.19. The third-order valence-electron chi connectivity index (χ3n) is 3.87. The summed E-state index contributed by atoms with van der Waals surface area (Å²) in [5.41, 5.74) is 0.252. The number of halogens is 2. The summed E-state index contributed by atoms with van der Waals surface area (Å²) in [5.74, 6) is -0.745. The zero-order valence-corrected chi connectivity index (χ0v) is 13.2. The van der Waals surface area contributed by atoms with Crippen molar-refractivity contribution in [2.45, 2.75) is 38.3 Å². The molecule has 0 radical (unpaired) electrons. The highest BCUT2D eigenvalue weighted by molar-refractivity contribution is 9.10. The normalized spacial score (nSPS) is 24.4. The van der Waals surface area contributed by atoms with Gasteiger partial charge in [-0.15, -0.1) is 0 Å². The van der Waals surface area contributed by atoms with E-state index in [1.165, 1.54) is 0 Å². The Labute approximate surface area is 126 Å². The van der Waals surface area contributed by atoms with E-state index in [1.54, 1.807) is 0 Å². The lowest BCUT2D eigenvalue weighted by Gasteiger charge is -2.41. The zero-order valence-electron chi connectivity index (χ0n) is 10.8. The van der Waals surface area contributed by atoms with Crippen LogP contribution in [-0.4, -0.2) is 28.1 Å². The van der Waals surface area contributed by atoms with Gasteiger partial charge in [0.15, 0.2) is 0 Å². The fourth-order valence-electron chi connectivity index (χ4n) is 2.54. The molecule has 1 aromatic rings. The Kier molecular flexibility index (Phi) is 4.54. The number of hydrogen-bond acceptors (Lipinski definition) is 2. The van der Waals surface area contributed by atoms with Gasteiger partial charge in [0.2, 0.25) is 0 Å². The van der Waals surface area contributed by atoms with Crippen molar-refractivity contribution in [2.75, 3.05) is 6.54 Å². The quantitative estimate of drug-likeness (QED) is 0.901. The second kappa shape index (κ2) is 5.81. The summed E-state index contributed by atoms with van der Waals surface area (Å²) in [6.45, 7) is 3.22. The first-order chi connectivity index (χ1) is 8.93. The van der Waals surface area contributed by atoms with Crippen LogP contribution in [0.15, 0.2) is 22.7 Å². The molecule has 1 N–H and O–H groups in total. The first-order valence-corrected chi connectivity index (χ1v) is 7.53. The molecule has 0 aliphatic carbocycles. The molecule has 1 saturated heterocycles. The Morgan fingerprint density at radius 1 is 1.53 bits per heavy atom. The number of piperidine rings is 1. The number of benzene rings is 1. The highest BCUT2D eigenvalue weighted by atomic mass is 79.9. The summed E-state index contributed by atoms with van der Waals surface area (Å²) in [4.78, 5) is 13.6. The van der Waals surface area contributed by atoms with Crippen LogP contribution in [0.4, 0.5) is 0 Å². The first-order valence-electron chi connectivity index (χ1n) is 6.36. The number of hydrogen-bond donors (Lipinski definition) is 1. The molecule has 0 saturated carbocycles. The van der Waals surface area contributed by atoms with E-state index in [-0.39, 0.29) is 0 Å². The van der Waals surface area contributed by atoms with Crippen LogP contribution in [0.25, 0.3) is 0 Å². The Morgan fingerprint density at radius 2 is 2.26 bits per heavy atom. The summed E-state index contributed by atoms with van der Waals surface area (Å²) in [6, 6.07) is 5.62. The number of aliphatic carboxylic acids is 1. The number of likely N-dealkylation sites (tertiary alicyclic amines) is 1. The van der Waals surface area contributed by atoms with Crippen molar-refractivity contribution in [3.63, 3.8) is 0 Å². The second-order valence-corrected chi connectivity index (χ2v) is 6.48. The fraction of sp³-hybridized carbons (Fsp3) is 0.500. The van der Waals surface area contributed by atoms with Crippen molar-refractivity contribution in [3.8, 4) is 0 Å². The Hall–Kier alpha value is -0.580. The van der Waals surface area contributed by atoms with Gasteiger partial charge in [0.1, 0.15) is 5.54 Å². The van der Waals surface area contributed by atoms with Gasteiger partial charge in [0.05, 0.1) is 0 Å². The predicted molar refractivity (Wildman–Crippen MR) is 79.5 cm³/mol. The summed E-state index contributed by atoms with van der Waals surface area (Å²) < 4.78 is 0.968. The van der Waals surface area contributed by atoms with Crippen molar-refractivity contribution in [1.82, 2.24) is 4.90 Å². The topological polar surface area (TPSA) is 40.5 Å². The van der Waals surface area contributed by atoms with Crippen LogP contribution in [0.2, 0.25) is 5.02 Å². The van der Waals surface area contributed by atoms with Gasteiger partial charge < -0.3 is 5.11 Å². The molecule has 3 nitrogen and oxygen atoms in total. The highest BCUT2D eigenvalue weighted by Gasteiger charge is 2.41. The van der Waals surface area contributed by atoms with Gasteiger partial charge in [-0.1, -0.05) is 27.5 Å². The number of nitrogens with zero attached hydrogens (tertiary/aromatic N) is 1. The molecule has 0 aromatic heterocycles. The van der Waals surface area contributed by atoms with Gasteiger partial charge in [-0.25, -0.2) is 0 Å². The van der Waals surface area contributed by atoms with Crippen LogP contribution in [-0.2, 0) is 11.3 Å². The number of carbonyl (C=O) groups is 1. The van der Waals surface area contributed by atoms with Crippen molar-refractivity contribution in [3.05, 3.63) is 33.3 Å². The van der Waals surface area contributed by atoms with Crippen LogP contribution in [0.5, 0.6) is 0 Å². The SMILES string of the molecule is CC1(C(=O)O)CCCCN1Cc1cc(Cl)ccc1Br. The summed E-state index contributed by atoms with van der Waals surface area (Å²) in [6.07, 6.45) is 2.71. The van der Waals surface area contributed by atoms with E-state index in [0.717, 1.165) is 29.4 Å². The Morgan fingerprint density at radius 3 is 2.95 bits per heavy atom. The molecule has 1 aromatic carbocycles. The molecule has 0 bridgehead atoms. The lowest BCUT2D eigenvalue weighted by atomic mass is 9.88. The maximum absolute atomic E-state index is 11.5. The van der Waals surface area contributed by atoms with E-state index in [0.29, 0.717) is 18.0 Å². The average Bonchev–Trinajstić information content (AvgIpc) is 2.36. The Bertz CT molecular complexity index is 494. The smallest absolute Gasteiger partial charge is 0.323 e. The molecular formula is C14H17BrClNO2. The van der Waals surface area contributed by atoms with E-state index >= 15 is 0 Å². The molecule has 2 rings (SSSR count). The maximum atomic E-state index is 11.5. The number of carboxylic acids is 1. The van der Waals surface area contributed by atoms with Crippen molar-refractivity contribution < 1.29 is 9.90 Å². The molecule has 1 heterocycles. The molecule has 104 valence electrons. The van der Waals surface area contributed by atoms with Crippen LogP contribution < -0.4 is 0 Å². The van der Waals surface area contributed by atoms with Crippen LogP contribution in [0, 0.1) is 0 Å². The molecular weight excluding hydrogens is 330 g/mol. The average molecular weight is 347 g/mol. The molecule has 1 fully saturated rings. The lowest BCUT2D eigenvalue weighted by Crippen LogP contribution is -2.54. The van der Waals surface area contributed by atoms with E-state index in [1.807, 2.05) is 30.0 Å². The first kappa shape index (κ1) is 14.8. The lowest BCUT2D eigenvalue weighted by molar-refractivity contribution is -0.153. The van der Waals surface area contributed by atoms with Gasteiger partial charge in [-0.3, -0.25) is 9.69 Å². The minimum Gasteiger partial charge on any atom is -0.480 e. The van der Waals surface area contributed by atoms with Crippen LogP contribution in [0.1, 0.15) is 31.7 Å². The van der Waals surface area contributed by atoms with Gasteiger partial charge in [0.25, 0.3) is 0 Å². The molecule has 1 aliphatic heterocycles. The van der Waals surface area contributed by atoms with E-state index in [2.05, 4.69) is 15.9 Å². The summed E-state index contributed by atoms with van der Waals surface area (Å²) in [5, 5.41) is 10.2. The van der Waals surface area contributed by atoms with E-state index in [9.17, 15) is 9.90 Å². The fourth-order valence-corrected chi connectivity index (χ4v) is 3.11. The number of rotatable bonds is 3. The third-order valence-corrected chi connectivity index (χ3v) is 4.88. The minimum atomic E-state index is -0.778. The van der Waals surface area contributed by atoms with Gasteiger partial charge in [0, 0.05) is 16.0 Å². The standard InChI is InChI=1S/C14H17BrClNO2/c1-14(13(18)19)6-2-3-7-17(14)9-10-8-11(16)4-5-12(10)15/h4-5,8H,2-3,6-7,9H2,1H3,(H,18,19). The predicted octanol–water partition coefficient (Wildman–Crippen LogP) is 3.93. The molecule has 19 heavy (non-hydrogen) atoms. The molecule has 1 atom stereocenters. The summed E-state index contributed by atoms with van der Waals surface area (Å²) >= 11 is 9.51. The third kappa shape index (κ3) is 3.12. The molecule has 1 aliphatic rings. The zero-order chi connectivity index (χ0) is 14.0. The monoisotopic (exact) mass is 345 g/mol. The molecule has 0 spiro atoms. The van der Waals surface area contributed by atoms with Crippen LogP contribution >= 0.6 is 27.5 Å². The van der Waals surface area contributed by atoms with E-state index < -0.39 is 11.5 Å². The summed E-state index contributed by atoms with van der Waals surface area (Å²) in [7, 11) is 0. The Balaban J connectivity index is 2.25. The van der Waals surface area contributed by atoms with Crippen molar-refractivity contribution >= 4 is 33.5 Å². The maximum Gasteiger partial charge on any atom is 0.323 e. The van der Waals surface area contributed by atoms with Gasteiger partial charge >= 0.3 is 5.97 Å². The molecule has 1 unspecified atom stereocenters. The molecule has 5 heteroatoms. The van der Waals surface area contributed by atoms with E-state index in [4.69, 9.17) is 11.6 Å². The number of carboxylic acid groups (broad SMARTS) is 1. The van der Waals surface area contributed by atoms with Gasteiger partial charge in [-0.2, -0.15) is 0 Å². The minimum absolute atomic E-state index is 0.601.